The molecule has 4 heterocycles. The molecule has 9 nitrogen and oxygen atoms in total. The van der Waals surface area contributed by atoms with Crippen LogP contribution in [0.2, 0.25) is 5.02 Å². The van der Waals surface area contributed by atoms with Crippen molar-refractivity contribution in [3.05, 3.63) is 64.3 Å². The average molecular weight is 518 g/mol. The first kappa shape index (κ1) is 24.3. The van der Waals surface area contributed by atoms with Crippen LogP contribution < -0.4 is 20.3 Å². The first-order valence-electron chi connectivity index (χ1n) is 11.6. The van der Waals surface area contributed by atoms with E-state index in [0.717, 1.165) is 6.42 Å². The molecule has 5 rings (SSSR count). The largest absolute Gasteiger partial charge is 0.493 e. The van der Waals surface area contributed by atoms with Crippen LogP contribution in [0.25, 0.3) is 22.2 Å². The second-order valence-corrected chi connectivity index (χ2v) is 8.82. The van der Waals surface area contributed by atoms with E-state index < -0.39 is 0 Å². The highest BCUT2D eigenvalue weighted by molar-refractivity contribution is 6.32. The first-order chi connectivity index (χ1) is 18.0. The number of nitrogens with zero attached hydrogens (tertiary/aromatic N) is 2. The molecule has 1 atom stereocenters. The van der Waals surface area contributed by atoms with Crippen LogP contribution in [-0.4, -0.2) is 52.1 Å². The Morgan fingerprint density at radius 3 is 2.95 bits per heavy atom. The molecule has 10 heteroatoms. The smallest absolute Gasteiger partial charge is 0.298 e. The molecule has 1 saturated heterocycles. The van der Waals surface area contributed by atoms with Gasteiger partial charge in [0.1, 0.15) is 12.4 Å². The van der Waals surface area contributed by atoms with Crippen LogP contribution in [0.15, 0.2) is 53.7 Å². The van der Waals surface area contributed by atoms with Gasteiger partial charge >= 0.3 is 0 Å². The number of hydrogen-bond acceptors (Lipinski definition) is 6. The van der Waals surface area contributed by atoms with Crippen LogP contribution in [0.1, 0.15) is 13.3 Å². The lowest BCUT2D eigenvalue weighted by Gasteiger charge is -2.39. The summed E-state index contributed by atoms with van der Waals surface area (Å²) < 4.78 is 11.7. The molecule has 0 aliphatic carbocycles. The van der Waals surface area contributed by atoms with Gasteiger partial charge in [0.15, 0.2) is 5.75 Å². The Hall–Kier alpha value is -4.42. The number of methoxy groups -OCH3 is 1. The molecule has 3 N–H and O–H groups in total. The molecule has 3 aromatic heterocycles. The summed E-state index contributed by atoms with van der Waals surface area (Å²) in [5.41, 5.74) is 2.83. The van der Waals surface area contributed by atoms with Crippen LogP contribution in [0.4, 0.5) is 11.4 Å². The molecule has 0 radical (unpaired) electrons. The topological polar surface area (TPSA) is 112 Å². The zero-order valence-electron chi connectivity index (χ0n) is 20.2. The summed E-state index contributed by atoms with van der Waals surface area (Å²) in [5, 5.41) is 4.22. The van der Waals surface area contributed by atoms with Crippen molar-refractivity contribution < 1.29 is 14.3 Å². The Bertz CT molecular complexity index is 1600. The summed E-state index contributed by atoms with van der Waals surface area (Å²) in [7, 11) is 1.53. The molecule has 1 aliphatic heterocycles. The third-order valence-corrected chi connectivity index (χ3v) is 6.57. The number of pyridine rings is 2. The monoisotopic (exact) mass is 517 g/mol. The number of carbonyl (C=O) groups is 1. The number of carbonyl (C=O) groups excluding carboxylic acids is 1. The predicted octanol–water partition coefficient (Wildman–Crippen LogP) is 4.33. The van der Waals surface area contributed by atoms with E-state index in [9.17, 15) is 9.59 Å². The maximum Gasteiger partial charge on any atom is 0.298 e. The molecule has 0 bridgehead atoms. The number of rotatable bonds is 7. The Balaban J connectivity index is 1.54. The van der Waals surface area contributed by atoms with Gasteiger partial charge in [-0.25, -0.2) is 0 Å². The number of hydrogen-bond donors (Lipinski definition) is 3. The molecule has 1 aliphatic rings. The van der Waals surface area contributed by atoms with Crippen molar-refractivity contribution >= 4 is 39.8 Å². The highest BCUT2D eigenvalue weighted by atomic mass is 35.5. The van der Waals surface area contributed by atoms with Crippen LogP contribution in [0.5, 0.6) is 11.5 Å². The number of aromatic amines is 2. The van der Waals surface area contributed by atoms with E-state index in [1.54, 1.807) is 54.7 Å². The fourth-order valence-corrected chi connectivity index (χ4v) is 4.63. The van der Waals surface area contributed by atoms with E-state index in [4.69, 9.17) is 21.1 Å². The Kier molecular flexibility index (Phi) is 6.75. The van der Waals surface area contributed by atoms with Gasteiger partial charge < -0.3 is 29.7 Å². The number of benzene rings is 1. The van der Waals surface area contributed by atoms with Gasteiger partial charge in [-0.1, -0.05) is 23.6 Å². The van der Waals surface area contributed by atoms with Gasteiger partial charge in [0, 0.05) is 24.5 Å². The molecular weight excluding hydrogens is 494 g/mol. The maximum atomic E-state index is 12.9. The average Bonchev–Trinajstić information content (AvgIpc) is 3.23. The summed E-state index contributed by atoms with van der Waals surface area (Å²) in [4.78, 5) is 37.1. The van der Waals surface area contributed by atoms with Gasteiger partial charge in [-0.05, 0) is 43.5 Å². The third-order valence-electron chi connectivity index (χ3n) is 6.27. The quantitative estimate of drug-likeness (QED) is 0.315. The van der Waals surface area contributed by atoms with Gasteiger partial charge in [0.25, 0.3) is 11.5 Å². The predicted molar refractivity (Wildman–Crippen MR) is 143 cm³/mol. The zero-order valence-corrected chi connectivity index (χ0v) is 21.0. The molecule has 1 aromatic carbocycles. The van der Waals surface area contributed by atoms with E-state index in [2.05, 4.69) is 32.1 Å². The minimum Gasteiger partial charge on any atom is -0.493 e. The second-order valence-electron chi connectivity index (χ2n) is 8.41. The zero-order chi connectivity index (χ0) is 25.9. The molecule has 0 saturated carbocycles. The first-order valence-corrected chi connectivity index (χ1v) is 12.0. The number of halogens is 1. The van der Waals surface area contributed by atoms with E-state index in [-0.39, 0.29) is 17.5 Å². The molecular formula is C27H24ClN5O4. The van der Waals surface area contributed by atoms with E-state index in [1.807, 2.05) is 6.07 Å². The van der Waals surface area contributed by atoms with Crippen molar-refractivity contribution in [2.45, 2.75) is 19.4 Å². The number of para-hydroxylation sites is 1. The van der Waals surface area contributed by atoms with E-state index in [0.29, 0.717) is 63.2 Å². The van der Waals surface area contributed by atoms with Crippen molar-refractivity contribution in [1.82, 2.24) is 19.9 Å². The lowest BCUT2D eigenvalue weighted by atomic mass is 10.0. The number of anilines is 2. The fraction of sp³-hybridized carbons (Fsp3) is 0.222. The minimum absolute atomic E-state index is 0.0692. The van der Waals surface area contributed by atoms with Gasteiger partial charge in [-0.15, -0.1) is 0 Å². The Labute approximate surface area is 217 Å². The van der Waals surface area contributed by atoms with E-state index >= 15 is 0 Å². The third kappa shape index (κ3) is 4.59. The number of likely N-dealkylation sites (tertiary alicyclic amines) is 1. The Morgan fingerprint density at radius 2 is 2.19 bits per heavy atom. The normalized spacial score (nSPS) is 14.5. The van der Waals surface area contributed by atoms with Crippen molar-refractivity contribution in [3.8, 4) is 34.6 Å². The van der Waals surface area contributed by atoms with Crippen molar-refractivity contribution in [2.24, 2.45) is 0 Å². The van der Waals surface area contributed by atoms with Crippen molar-refractivity contribution in [1.29, 1.82) is 0 Å². The summed E-state index contributed by atoms with van der Waals surface area (Å²) in [5.74, 6) is 5.98. The van der Waals surface area contributed by atoms with Gasteiger partial charge in [0.2, 0.25) is 0 Å². The number of aromatic nitrogens is 3. The van der Waals surface area contributed by atoms with Crippen molar-refractivity contribution in [2.75, 3.05) is 25.6 Å². The summed E-state index contributed by atoms with van der Waals surface area (Å²) in [6.45, 7) is 2.59. The molecule has 1 fully saturated rings. The fourth-order valence-electron chi connectivity index (χ4n) is 4.38. The number of nitrogens with one attached hydrogen (secondary N) is 3. The SMILES string of the molecule is CC#CC(=O)N1CC[C@@H]1COc1cnccc1-c1[nH]c2cc[nH]c(=O)c2c1Nc1cccc(Cl)c1OC. The summed E-state index contributed by atoms with van der Waals surface area (Å²) in [6, 6.07) is 8.86. The van der Waals surface area contributed by atoms with Crippen LogP contribution in [0, 0.1) is 11.8 Å². The van der Waals surface area contributed by atoms with Crippen LogP contribution in [0.3, 0.4) is 0 Å². The number of H-pyrrole nitrogens is 2. The molecule has 37 heavy (non-hydrogen) atoms. The summed E-state index contributed by atoms with van der Waals surface area (Å²) >= 11 is 6.34. The summed E-state index contributed by atoms with van der Waals surface area (Å²) in [6.07, 6.45) is 5.68. The molecule has 188 valence electrons. The molecule has 0 spiro atoms. The Morgan fingerprint density at radius 1 is 1.32 bits per heavy atom. The molecule has 0 unspecified atom stereocenters. The van der Waals surface area contributed by atoms with Crippen molar-refractivity contribution in [3.63, 3.8) is 0 Å². The highest BCUT2D eigenvalue weighted by Crippen LogP contribution is 2.42. The van der Waals surface area contributed by atoms with Gasteiger partial charge in [0.05, 0.1) is 52.3 Å². The van der Waals surface area contributed by atoms with Crippen LogP contribution in [-0.2, 0) is 4.79 Å². The highest BCUT2D eigenvalue weighted by Gasteiger charge is 2.32. The molecule has 4 aromatic rings. The maximum absolute atomic E-state index is 12.9. The second kappa shape index (κ2) is 10.3. The van der Waals surface area contributed by atoms with Gasteiger partial charge in [-0.3, -0.25) is 14.6 Å². The standard InChI is InChI=1S/C27H24ClN5O4/c1-3-5-22(34)33-13-10-16(33)15-37-21-14-29-11-8-17(21)24-25(23-19(31-24)9-12-30-27(23)35)32-20-7-4-6-18(28)26(20)36-2/h4,6-9,11-12,14,16,31-32H,10,13,15H2,1-2H3,(H,30,35)/t16-/m1/s1. The number of ether oxygens (including phenoxy) is 2. The lowest BCUT2D eigenvalue weighted by molar-refractivity contribution is -0.133. The van der Waals surface area contributed by atoms with Gasteiger partial charge in [-0.2, -0.15) is 0 Å². The lowest BCUT2D eigenvalue weighted by Crippen LogP contribution is -2.53. The molecule has 1 amide bonds. The van der Waals surface area contributed by atoms with E-state index in [1.165, 1.54) is 7.11 Å². The minimum atomic E-state index is -0.263. The van der Waals surface area contributed by atoms with Crippen LogP contribution >= 0.6 is 11.6 Å². The number of fused-ring (bicyclic) bond motifs is 1. The number of amides is 1.